The summed E-state index contributed by atoms with van der Waals surface area (Å²) < 4.78 is 45.4. The summed E-state index contributed by atoms with van der Waals surface area (Å²) in [7, 11) is 0. The van der Waals surface area contributed by atoms with Gasteiger partial charge in [-0.25, -0.2) is 13.2 Å². The fourth-order valence-electron chi connectivity index (χ4n) is 2.16. The maximum absolute atomic E-state index is 13.6. The lowest BCUT2D eigenvalue weighted by Crippen LogP contribution is -2.07. The van der Waals surface area contributed by atoms with Gasteiger partial charge in [0.15, 0.2) is 5.76 Å². The summed E-state index contributed by atoms with van der Waals surface area (Å²) in [5.41, 5.74) is 0.570. The van der Waals surface area contributed by atoms with Crippen LogP contribution < -0.4 is 0 Å². The van der Waals surface area contributed by atoms with Crippen molar-refractivity contribution in [2.24, 2.45) is 0 Å². The quantitative estimate of drug-likeness (QED) is 0.655. The Morgan fingerprint density at radius 3 is 2.33 bits per heavy atom. The Balaban J connectivity index is 2.12. The predicted octanol–water partition coefficient (Wildman–Crippen LogP) is 4.39. The van der Waals surface area contributed by atoms with Gasteiger partial charge in [0.2, 0.25) is 5.78 Å². The fraction of sp³-hybridized carbons (Fsp3) is 0.0625. The van der Waals surface area contributed by atoms with E-state index in [2.05, 4.69) is 0 Å². The molecule has 0 aliphatic carbocycles. The van der Waals surface area contributed by atoms with Crippen molar-refractivity contribution in [1.29, 1.82) is 0 Å². The van der Waals surface area contributed by atoms with Crippen molar-refractivity contribution in [2.75, 3.05) is 0 Å². The van der Waals surface area contributed by atoms with Gasteiger partial charge in [0.1, 0.15) is 23.0 Å². The standard InChI is InChI=1S/C16H9F3O2/c1-8-2-3-13-9(4-8)5-14(21-13)16(20)15-11(18)6-10(17)7-12(15)19/h2-7H,1H3. The number of furan rings is 1. The normalized spacial score (nSPS) is 11.0. The van der Waals surface area contributed by atoms with Crippen molar-refractivity contribution < 1.29 is 22.4 Å². The van der Waals surface area contributed by atoms with Crippen molar-refractivity contribution >= 4 is 16.8 Å². The van der Waals surface area contributed by atoms with Gasteiger partial charge in [-0.2, -0.15) is 0 Å². The van der Waals surface area contributed by atoms with Crippen LogP contribution in [-0.2, 0) is 0 Å². The lowest BCUT2D eigenvalue weighted by molar-refractivity contribution is 0.100. The summed E-state index contributed by atoms with van der Waals surface area (Å²) in [4.78, 5) is 12.2. The zero-order valence-electron chi connectivity index (χ0n) is 10.9. The molecule has 3 aromatic rings. The Bertz CT molecular complexity index is 842. The van der Waals surface area contributed by atoms with E-state index in [9.17, 15) is 18.0 Å². The molecule has 0 aliphatic rings. The molecule has 3 rings (SSSR count). The number of benzene rings is 2. The molecule has 0 aliphatic heterocycles. The lowest BCUT2D eigenvalue weighted by Gasteiger charge is -2.02. The SMILES string of the molecule is Cc1ccc2oc(C(=O)c3c(F)cc(F)cc3F)cc2c1. The summed E-state index contributed by atoms with van der Waals surface area (Å²) in [6.45, 7) is 1.87. The number of carbonyl (C=O) groups excluding carboxylic acids is 1. The molecule has 0 saturated carbocycles. The smallest absolute Gasteiger partial charge is 0.234 e. The van der Waals surface area contributed by atoms with Gasteiger partial charge in [-0.1, -0.05) is 11.6 Å². The monoisotopic (exact) mass is 290 g/mol. The molecule has 0 amide bonds. The zero-order chi connectivity index (χ0) is 15.1. The molecule has 1 heterocycles. The van der Waals surface area contributed by atoms with Gasteiger partial charge < -0.3 is 4.42 Å². The Labute approximate surface area is 117 Å². The van der Waals surface area contributed by atoms with E-state index in [0.29, 0.717) is 23.1 Å². The minimum absolute atomic E-state index is 0.194. The second kappa shape index (κ2) is 4.77. The summed E-state index contributed by atoms with van der Waals surface area (Å²) in [6, 6.07) is 7.57. The topological polar surface area (TPSA) is 30.2 Å². The van der Waals surface area contributed by atoms with Gasteiger partial charge in [0, 0.05) is 17.5 Å². The van der Waals surface area contributed by atoms with Crippen LogP contribution in [0.3, 0.4) is 0 Å². The number of ketones is 1. The first kappa shape index (κ1) is 13.4. The average molecular weight is 290 g/mol. The van der Waals surface area contributed by atoms with E-state index in [1.54, 1.807) is 18.2 Å². The van der Waals surface area contributed by atoms with Crippen molar-refractivity contribution in [3.8, 4) is 0 Å². The van der Waals surface area contributed by atoms with Gasteiger partial charge in [-0.3, -0.25) is 4.79 Å². The third-order valence-corrected chi connectivity index (χ3v) is 3.13. The third kappa shape index (κ3) is 2.31. The summed E-state index contributed by atoms with van der Waals surface area (Å²) in [6.07, 6.45) is 0. The largest absolute Gasteiger partial charge is 0.453 e. The van der Waals surface area contributed by atoms with Crippen molar-refractivity contribution in [3.63, 3.8) is 0 Å². The molecule has 0 fully saturated rings. The predicted molar refractivity (Wildman–Crippen MR) is 70.7 cm³/mol. The number of hydrogen-bond acceptors (Lipinski definition) is 2. The number of carbonyl (C=O) groups is 1. The summed E-state index contributed by atoms with van der Waals surface area (Å²) in [5.74, 6) is -4.75. The van der Waals surface area contributed by atoms with E-state index in [-0.39, 0.29) is 5.76 Å². The molecule has 2 aromatic carbocycles. The van der Waals surface area contributed by atoms with Crippen LogP contribution in [0, 0.1) is 24.4 Å². The maximum Gasteiger partial charge on any atom is 0.234 e. The summed E-state index contributed by atoms with van der Waals surface area (Å²) >= 11 is 0. The number of hydrogen-bond donors (Lipinski definition) is 0. The molecule has 5 heteroatoms. The molecule has 2 nitrogen and oxygen atoms in total. The molecular formula is C16H9F3O2. The molecule has 0 unspecified atom stereocenters. The molecule has 106 valence electrons. The van der Waals surface area contributed by atoms with Crippen LogP contribution in [0.4, 0.5) is 13.2 Å². The van der Waals surface area contributed by atoms with Crippen LogP contribution in [0.25, 0.3) is 11.0 Å². The first-order valence-electron chi connectivity index (χ1n) is 6.15. The first-order valence-corrected chi connectivity index (χ1v) is 6.15. The van der Waals surface area contributed by atoms with Crippen molar-refractivity contribution in [1.82, 2.24) is 0 Å². The van der Waals surface area contributed by atoms with E-state index in [1.165, 1.54) is 6.07 Å². The highest BCUT2D eigenvalue weighted by Crippen LogP contribution is 2.25. The van der Waals surface area contributed by atoms with E-state index >= 15 is 0 Å². The Hall–Kier alpha value is -2.56. The lowest BCUT2D eigenvalue weighted by atomic mass is 10.1. The molecule has 1 aromatic heterocycles. The van der Waals surface area contributed by atoms with E-state index in [1.807, 2.05) is 6.92 Å². The highest BCUT2D eigenvalue weighted by Gasteiger charge is 2.23. The van der Waals surface area contributed by atoms with Crippen molar-refractivity contribution in [2.45, 2.75) is 6.92 Å². The molecule has 21 heavy (non-hydrogen) atoms. The maximum atomic E-state index is 13.6. The Morgan fingerprint density at radius 2 is 1.67 bits per heavy atom. The molecule has 0 N–H and O–H groups in total. The van der Waals surface area contributed by atoms with Crippen LogP contribution in [0.2, 0.25) is 0 Å². The van der Waals surface area contributed by atoms with Crippen LogP contribution in [0.1, 0.15) is 21.7 Å². The van der Waals surface area contributed by atoms with E-state index < -0.39 is 28.8 Å². The van der Waals surface area contributed by atoms with Crippen LogP contribution in [0.15, 0.2) is 40.8 Å². The van der Waals surface area contributed by atoms with Crippen LogP contribution >= 0.6 is 0 Å². The van der Waals surface area contributed by atoms with Gasteiger partial charge >= 0.3 is 0 Å². The average Bonchev–Trinajstić information content (AvgIpc) is 2.80. The fourth-order valence-corrected chi connectivity index (χ4v) is 2.16. The number of rotatable bonds is 2. The summed E-state index contributed by atoms with van der Waals surface area (Å²) in [5, 5.41) is 0.654. The van der Waals surface area contributed by atoms with E-state index in [4.69, 9.17) is 4.42 Å². The Morgan fingerprint density at radius 1 is 1.00 bits per heavy atom. The second-order valence-electron chi connectivity index (χ2n) is 4.73. The minimum Gasteiger partial charge on any atom is -0.453 e. The molecule has 0 saturated heterocycles. The molecule has 0 atom stereocenters. The first-order chi connectivity index (χ1) is 9.95. The molecule has 0 spiro atoms. The molecular weight excluding hydrogens is 281 g/mol. The minimum atomic E-state index is -1.26. The number of halogens is 3. The van der Waals surface area contributed by atoms with Crippen molar-refractivity contribution in [3.05, 3.63) is 70.7 Å². The second-order valence-corrected chi connectivity index (χ2v) is 4.73. The van der Waals surface area contributed by atoms with Gasteiger partial charge in [0.05, 0.1) is 5.56 Å². The van der Waals surface area contributed by atoms with Crippen LogP contribution in [-0.4, -0.2) is 5.78 Å². The molecule has 0 radical (unpaired) electrons. The van der Waals surface area contributed by atoms with E-state index in [0.717, 1.165) is 5.56 Å². The van der Waals surface area contributed by atoms with Gasteiger partial charge in [0.25, 0.3) is 0 Å². The zero-order valence-corrected chi connectivity index (χ0v) is 10.9. The number of fused-ring (bicyclic) bond motifs is 1. The van der Waals surface area contributed by atoms with Crippen LogP contribution in [0.5, 0.6) is 0 Å². The highest BCUT2D eigenvalue weighted by atomic mass is 19.1. The van der Waals surface area contributed by atoms with Gasteiger partial charge in [-0.05, 0) is 25.1 Å². The molecule has 0 bridgehead atoms. The Kier molecular flexibility index (Phi) is 3.05. The highest BCUT2D eigenvalue weighted by molar-refractivity contribution is 6.09. The number of aryl methyl sites for hydroxylation is 1. The van der Waals surface area contributed by atoms with Gasteiger partial charge in [-0.15, -0.1) is 0 Å². The third-order valence-electron chi connectivity index (χ3n) is 3.13.